The number of carbonyl (C=O) groups is 4. The van der Waals surface area contributed by atoms with E-state index in [4.69, 9.17) is 15.3 Å². The Hall–Kier alpha value is -2.64. The number of hydrogen-bond donors (Lipinski definition) is 3. The lowest BCUT2D eigenvalue weighted by molar-refractivity contribution is -0.142. The van der Waals surface area contributed by atoms with Crippen molar-refractivity contribution in [3.63, 3.8) is 0 Å². The van der Waals surface area contributed by atoms with Crippen molar-refractivity contribution in [3.8, 4) is 0 Å². The van der Waals surface area contributed by atoms with Crippen molar-refractivity contribution < 1.29 is 39.2 Å². The third-order valence-electron chi connectivity index (χ3n) is 1.55. The van der Waals surface area contributed by atoms with Gasteiger partial charge in [-0.25, -0.2) is 9.59 Å². The summed E-state index contributed by atoms with van der Waals surface area (Å²) in [7, 11) is 1.19. The molecule has 0 aliphatic carbocycles. The zero-order valence-corrected chi connectivity index (χ0v) is 10.2. The van der Waals surface area contributed by atoms with Gasteiger partial charge < -0.3 is 20.1 Å². The number of aliphatic carboxylic acids is 3. The molecule has 3 N–H and O–H groups in total. The summed E-state index contributed by atoms with van der Waals surface area (Å²) in [6, 6.07) is 0. The van der Waals surface area contributed by atoms with Crippen LogP contribution in [0.3, 0.4) is 0 Å². The Labute approximate surface area is 108 Å². The molecular weight excluding hydrogens is 260 g/mol. The molecule has 0 aromatic carbocycles. The second kappa shape index (κ2) is 9.40. The van der Waals surface area contributed by atoms with Crippen LogP contribution in [0.25, 0.3) is 0 Å². The summed E-state index contributed by atoms with van der Waals surface area (Å²) in [4.78, 5) is 40.1. The third-order valence-corrected chi connectivity index (χ3v) is 1.55. The normalized spacial score (nSPS) is 8.47. The van der Waals surface area contributed by atoms with Crippen molar-refractivity contribution in [1.82, 2.24) is 0 Å². The van der Waals surface area contributed by atoms with Gasteiger partial charge in [-0.1, -0.05) is 13.2 Å². The summed E-state index contributed by atoms with van der Waals surface area (Å²) < 4.78 is 4.21. The van der Waals surface area contributed by atoms with Crippen LogP contribution in [0.1, 0.15) is 12.8 Å². The first-order valence-electron chi connectivity index (χ1n) is 4.72. The van der Waals surface area contributed by atoms with Gasteiger partial charge >= 0.3 is 23.9 Å². The number of carbonyl (C=O) groups excluding carboxylic acids is 1. The van der Waals surface area contributed by atoms with E-state index in [2.05, 4.69) is 17.9 Å². The highest BCUT2D eigenvalue weighted by molar-refractivity contribution is 5.92. The molecule has 0 amide bonds. The number of ether oxygens (including phenoxy) is 1. The fourth-order valence-corrected chi connectivity index (χ4v) is 0.580. The molecule has 0 unspecified atom stereocenters. The number of hydrogen-bond acceptors (Lipinski definition) is 5. The SMILES string of the molecule is C=C(CC(=O)O)C(=O)O.C=C(CC(=O)OC)C(=O)O. The molecular formula is C11H14O8. The van der Waals surface area contributed by atoms with E-state index in [1.807, 2.05) is 0 Å². The van der Waals surface area contributed by atoms with Crippen LogP contribution in [-0.4, -0.2) is 46.3 Å². The Morgan fingerprint density at radius 3 is 1.47 bits per heavy atom. The summed E-state index contributed by atoms with van der Waals surface area (Å²) in [6.45, 7) is 6.16. The van der Waals surface area contributed by atoms with E-state index in [9.17, 15) is 19.2 Å². The van der Waals surface area contributed by atoms with Gasteiger partial charge in [0.25, 0.3) is 0 Å². The first-order valence-corrected chi connectivity index (χ1v) is 4.72. The lowest BCUT2D eigenvalue weighted by Crippen LogP contribution is -2.07. The predicted molar refractivity (Wildman–Crippen MR) is 62.4 cm³/mol. The molecule has 0 aliphatic rings. The van der Waals surface area contributed by atoms with Crippen molar-refractivity contribution in [3.05, 3.63) is 24.3 Å². The Balaban J connectivity index is 0. The van der Waals surface area contributed by atoms with Crippen LogP contribution in [0.2, 0.25) is 0 Å². The monoisotopic (exact) mass is 274 g/mol. The van der Waals surface area contributed by atoms with Crippen LogP contribution in [0, 0.1) is 0 Å². The van der Waals surface area contributed by atoms with E-state index in [1.165, 1.54) is 7.11 Å². The number of carboxylic acid groups (broad SMARTS) is 3. The molecule has 0 fully saturated rings. The summed E-state index contributed by atoms with van der Waals surface area (Å²) >= 11 is 0. The number of methoxy groups -OCH3 is 1. The smallest absolute Gasteiger partial charge is 0.331 e. The average molecular weight is 274 g/mol. The van der Waals surface area contributed by atoms with E-state index in [0.717, 1.165) is 0 Å². The summed E-state index contributed by atoms with van der Waals surface area (Å²) in [6.07, 6.45) is -0.763. The molecule has 8 nitrogen and oxygen atoms in total. The van der Waals surface area contributed by atoms with E-state index in [-0.39, 0.29) is 17.6 Å². The van der Waals surface area contributed by atoms with Gasteiger partial charge in [-0.05, 0) is 0 Å². The summed E-state index contributed by atoms with van der Waals surface area (Å²) in [5.41, 5.74) is -0.464. The zero-order valence-electron chi connectivity index (χ0n) is 10.2. The highest BCUT2D eigenvalue weighted by atomic mass is 16.5. The van der Waals surface area contributed by atoms with Crippen LogP contribution in [-0.2, 0) is 23.9 Å². The molecule has 0 saturated carbocycles. The maximum Gasteiger partial charge on any atom is 0.331 e. The number of rotatable bonds is 6. The molecule has 0 aromatic rings. The van der Waals surface area contributed by atoms with Crippen molar-refractivity contribution >= 4 is 23.9 Å². The van der Waals surface area contributed by atoms with Gasteiger partial charge in [0, 0.05) is 11.1 Å². The largest absolute Gasteiger partial charge is 0.481 e. The maximum atomic E-state index is 10.4. The third kappa shape index (κ3) is 11.6. The minimum absolute atomic E-state index is 0.160. The van der Waals surface area contributed by atoms with Gasteiger partial charge in [0.15, 0.2) is 0 Å². The molecule has 0 aromatic heterocycles. The van der Waals surface area contributed by atoms with Crippen molar-refractivity contribution in [2.45, 2.75) is 12.8 Å². The van der Waals surface area contributed by atoms with E-state index < -0.39 is 30.3 Å². The van der Waals surface area contributed by atoms with Gasteiger partial charge in [0.2, 0.25) is 0 Å². The minimum atomic E-state index is -1.27. The first-order chi connectivity index (χ1) is 8.61. The highest BCUT2D eigenvalue weighted by Crippen LogP contribution is 1.98. The maximum absolute atomic E-state index is 10.4. The molecule has 0 heterocycles. The van der Waals surface area contributed by atoms with E-state index in [0.29, 0.717) is 0 Å². The summed E-state index contributed by atoms with van der Waals surface area (Å²) in [5.74, 6) is -4.21. The fraction of sp³-hybridized carbons (Fsp3) is 0.273. The quantitative estimate of drug-likeness (QED) is 0.464. The molecule has 8 heteroatoms. The Bertz CT molecular complexity index is 407. The predicted octanol–water partition coefficient (Wildman–Crippen LogP) is 0.292. The van der Waals surface area contributed by atoms with Crippen molar-refractivity contribution in [2.24, 2.45) is 0 Å². The molecule has 0 radical (unpaired) electrons. The van der Waals surface area contributed by atoms with E-state index >= 15 is 0 Å². The van der Waals surface area contributed by atoms with Gasteiger partial charge in [-0.15, -0.1) is 0 Å². The zero-order chi connectivity index (χ0) is 15.6. The highest BCUT2D eigenvalue weighted by Gasteiger charge is 2.09. The Morgan fingerprint density at radius 2 is 1.26 bits per heavy atom. The average Bonchev–Trinajstić information content (AvgIpc) is 2.28. The second-order valence-corrected chi connectivity index (χ2v) is 3.14. The molecule has 0 atom stereocenters. The molecule has 0 aliphatic heterocycles. The lowest BCUT2D eigenvalue weighted by atomic mass is 10.2. The standard InChI is InChI=1S/C6H8O4.C5H6O4/c1-4(6(8)9)3-5(7)10-2;1-3(5(8)9)2-4(6)7/h1,3H2,2H3,(H,8,9);1-2H2,(H,6,7)(H,8,9). The van der Waals surface area contributed by atoms with Gasteiger partial charge in [-0.2, -0.15) is 0 Å². The lowest BCUT2D eigenvalue weighted by Gasteiger charge is -1.96. The van der Waals surface area contributed by atoms with Crippen LogP contribution in [0.15, 0.2) is 24.3 Å². The van der Waals surface area contributed by atoms with Gasteiger partial charge in [0.05, 0.1) is 20.0 Å². The molecule has 0 saturated heterocycles. The van der Waals surface area contributed by atoms with Crippen molar-refractivity contribution in [1.29, 1.82) is 0 Å². The van der Waals surface area contributed by atoms with Gasteiger partial charge in [-0.3, -0.25) is 9.59 Å². The van der Waals surface area contributed by atoms with Crippen molar-refractivity contribution in [2.75, 3.05) is 7.11 Å². The topological polar surface area (TPSA) is 138 Å². The number of carboxylic acids is 3. The van der Waals surface area contributed by atoms with Gasteiger partial charge in [0.1, 0.15) is 0 Å². The molecule has 19 heavy (non-hydrogen) atoms. The second-order valence-electron chi connectivity index (χ2n) is 3.14. The molecule has 0 bridgehead atoms. The van der Waals surface area contributed by atoms with Crippen LogP contribution < -0.4 is 0 Å². The minimum Gasteiger partial charge on any atom is -0.481 e. The number of esters is 1. The van der Waals surface area contributed by atoms with Crippen LogP contribution in [0.4, 0.5) is 0 Å². The van der Waals surface area contributed by atoms with E-state index in [1.54, 1.807) is 0 Å². The molecule has 106 valence electrons. The molecule has 0 rings (SSSR count). The van der Waals surface area contributed by atoms with Crippen LogP contribution >= 0.6 is 0 Å². The Kier molecular flexibility index (Phi) is 9.26. The molecule has 0 spiro atoms. The van der Waals surface area contributed by atoms with Crippen LogP contribution in [0.5, 0.6) is 0 Å². The summed E-state index contributed by atoms with van der Waals surface area (Å²) in [5, 5.41) is 24.3. The first kappa shape index (κ1) is 18.7. The Morgan fingerprint density at radius 1 is 0.895 bits per heavy atom. The fourth-order valence-electron chi connectivity index (χ4n) is 0.580.